The molecule has 1 aromatic heterocycles. The molecular weight excluding hydrogens is 354 g/mol. The van der Waals surface area contributed by atoms with Crippen LogP contribution in [0.25, 0.3) is 4.85 Å². The van der Waals surface area contributed by atoms with E-state index in [9.17, 15) is 9.90 Å². The number of rotatable bonds is 6. The average molecular weight is 375 g/mol. The van der Waals surface area contributed by atoms with Crippen LogP contribution in [-0.4, -0.2) is 21.2 Å². The van der Waals surface area contributed by atoms with Gasteiger partial charge in [-0.05, 0) is 30.5 Å². The quantitative estimate of drug-likeness (QED) is 0.494. The summed E-state index contributed by atoms with van der Waals surface area (Å²) in [6.45, 7) is 11.2. The number of H-pyrrole nitrogens is 1. The molecule has 0 unspecified atom stereocenters. The molecule has 0 bridgehead atoms. The minimum absolute atomic E-state index is 0.283. The predicted octanol–water partition coefficient (Wildman–Crippen LogP) is 3.58. The summed E-state index contributed by atoms with van der Waals surface area (Å²) in [6.07, 6.45) is 0.410. The third kappa shape index (κ3) is 3.96. The summed E-state index contributed by atoms with van der Waals surface area (Å²) >= 11 is 0. The number of hydrogen-bond donors (Lipinski definition) is 4. The van der Waals surface area contributed by atoms with E-state index < -0.39 is 5.91 Å². The lowest BCUT2D eigenvalue weighted by Gasteiger charge is -2.09. The molecule has 1 amide bonds. The Morgan fingerprint density at radius 2 is 1.96 bits per heavy atom. The van der Waals surface area contributed by atoms with Crippen LogP contribution in [0.1, 0.15) is 38.3 Å². The van der Waals surface area contributed by atoms with E-state index in [2.05, 4.69) is 20.4 Å². The van der Waals surface area contributed by atoms with Gasteiger partial charge in [-0.3, -0.25) is 9.89 Å². The number of aromatic hydroxyl groups is 1. The van der Waals surface area contributed by atoms with Crippen molar-refractivity contribution >= 4 is 17.4 Å². The van der Waals surface area contributed by atoms with Crippen LogP contribution in [-0.2, 0) is 13.0 Å². The van der Waals surface area contributed by atoms with Gasteiger partial charge in [0.2, 0.25) is 0 Å². The summed E-state index contributed by atoms with van der Waals surface area (Å²) in [5.74, 6) is 0.0862. The highest BCUT2D eigenvalue weighted by molar-refractivity contribution is 5.99. The maximum absolute atomic E-state index is 12.0. The Morgan fingerprint density at radius 3 is 2.61 bits per heavy atom. The average Bonchev–Trinajstić information content (AvgIpc) is 3.07. The van der Waals surface area contributed by atoms with E-state index in [1.165, 1.54) is 0 Å². The van der Waals surface area contributed by atoms with Gasteiger partial charge in [-0.2, -0.15) is 5.10 Å². The Morgan fingerprint density at radius 1 is 1.25 bits per heavy atom. The van der Waals surface area contributed by atoms with Gasteiger partial charge in [0.25, 0.3) is 5.91 Å². The minimum Gasteiger partial charge on any atom is -0.507 e. The van der Waals surface area contributed by atoms with Crippen molar-refractivity contribution in [2.24, 2.45) is 5.73 Å². The van der Waals surface area contributed by atoms with Gasteiger partial charge in [0.15, 0.2) is 11.5 Å². The first-order valence-electron chi connectivity index (χ1n) is 8.75. The van der Waals surface area contributed by atoms with Gasteiger partial charge in [0, 0.05) is 13.0 Å². The first-order chi connectivity index (χ1) is 13.4. The lowest BCUT2D eigenvalue weighted by Crippen LogP contribution is -2.15. The Labute approximate surface area is 163 Å². The van der Waals surface area contributed by atoms with E-state index in [0.717, 1.165) is 22.3 Å². The summed E-state index contributed by atoms with van der Waals surface area (Å²) in [5, 5.41) is 20.1. The molecule has 28 heavy (non-hydrogen) atoms. The van der Waals surface area contributed by atoms with Gasteiger partial charge in [-0.25, -0.2) is 4.85 Å². The highest BCUT2D eigenvalue weighted by Gasteiger charge is 2.18. The van der Waals surface area contributed by atoms with Crippen molar-refractivity contribution in [1.29, 1.82) is 0 Å². The molecule has 0 atom stereocenters. The number of aromatic nitrogens is 2. The minimum atomic E-state index is -0.578. The number of anilines is 1. The smallest absolute Gasteiger partial charge is 0.254 e. The fraction of sp³-hybridized carbons (Fsp3) is 0.190. The van der Waals surface area contributed by atoms with Gasteiger partial charge in [0.1, 0.15) is 11.3 Å². The van der Waals surface area contributed by atoms with Crippen LogP contribution in [0.15, 0.2) is 36.4 Å². The normalized spacial score (nSPS) is 10.5. The third-order valence-corrected chi connectivity index (χ3v) is 4.52. The SMILES string of the molecule is [C-]#[N+]c1cccc(Cc2[nH]nc(NCc3cc(C)c(O)c(C)c3)c2C(N)=O)c1. The fourth-order valence-corrected chi connectivity index (χ4v) is 3.17. The van der Waals surface area contributed by atoms with Crippen LogP contribution in [0.2, 0.25) is 0 Å². The molecule has 3 rings (SSSR count). The van der Waals surface area contributed by atoms with E-state index >= 15 is 0 Å². The second-order valence-corrected chi connectivity index (χ2v) is 6.68. The highest BCUT2D eigenvalue weighted by Crippen LogP contribution is 2.25. The topological polar surface area (TPSA) is 108 Å². The summed E-state index contributed by atoms with van der Waals surface area (Å²) in [5.41, 5.74) is 10.4. The molecule has 0 saturated carbocycles. The molecule has 142 valence electrons. The molecule has 0 aliphatic heterocycles. The lowest BCUT2D eigenvalue weighted by molar-refractivity contribution is 0.100. The van der Waals surface area contributed by atoms with Crippen LogP contribution >= 0.6 is 0 Å². The Hall–Kier alpha value is -3.79. The van der Waals surface area contributed by atoms with Crippen LogP contribution in [0, 0.1) is 20.4 Å². The molecule has 0 fully saturated rings. The van der Waals surface area contributed by atoms with Gasteiger partial charge >= 0.3 is 0 Å². The Bertz CT molecular complexity index is 1060. The zero-order valence-corrected chi connectivity index (χ0v) is 15.7. The molecule has 0 spiro atoms. The summed E-state index contributed by atoms with van der Waals surface area (Å²) in [6, 6.07) is 10.9. The van der Waals surface area contributed by atoms with Crippen molar-refractivity contribution in [2.45, 2.75) is 26.8 Å². The number of hydrogen-bond acceptors (Lipinski definition) is 4. The summed E-state index contributed by atoms with van der Waals surface area (Å²) in [4.78, 5) is 15.4. The van der Waals surface area contributed by atoms with Crippen molar-refractivity contribution in [3.63, 3.8) is 0 Å². The first kappa shape index (κ1) is 19.0. The lowest BCUT2D eigenvalue weighted by atomic mass is 10.0. The van der Waals surface area contributed by atoms with Gasteiger partial charge in [0.05, 0.1) is 12.3 Å². The van der Waals surface area contributed by atoms with Crippen molar-refractivity contribution in [3.8, 4) is 5.75 Å². The Balaban J connectivity index is 1.83. The number of primary amides is 1. The second-order valence-electron chi connectivity index (χ2n) is 6.68. The highest BCUT2D eigenvalue weighted by atomic mass is 16.3. The molecule has 2 aromatic carbocycles. The number of benzene rings is 2. The standard InChI is InChI=1S/C21H21N5O2/c1-12-7-15(8-13(2)19(12)27)11-24-21-18(20(22)28)17(25-26-21)10-14-5-4-6-16(9-14)23-3/h4-9,27H,10-11H2,1-2H3,(H2,22,28)(H2,24,25,26). The van der Waals surface area contributed by atoms with E-state index in [1.54, 1.807) is 18.2 Å². The number of aromatic amines is 1. The van der Waals surface area contributed by atoms with Crippen molar-refractivity contribution in [1.82, 2.24) is 10.2 Å². The molecule has 7 nitrogen and oxygen atoms in total. The number of phenols is 1. The predicted molar refractivity (Wildman–Crippen MR) is 108 cm³/mol. The molecule has 0 aliphatic rings. The summed E-state index contributed by atoms with van der Waals surface area (Å²) < 4.78 is 0. The molecule has 0 aliphatic carbocycles. The molecule has 7 heteroatoms. The van der Waals surface area contributed by atoms with E-state index in [1.807, 2.05) is 32.0 Å². The first-order valence-corrected chi connectivity index (χ1v) is 8.75. The number of amides is 1. The Kier molecular flexibility index (Phi) is 5.32. The van der Waals surface area contributed by atoms with E-state index in [-0.39, 0.29) is 5.75 Å². The second kappa shape index (κ2) is 7.84. The number of nitrogens with two attached hydrogens (primary N) is 1. The number of carbonyl (C=O) groups excluding carboxylic acids is 1. The van der Waals surface area contributed by atoms with Crippen LogP contribution in [0.5, 0.6) is 5.75 Å². The van der Waals surface area contributed by atoms with Crippen molar-refractivity contribution in [3.05, 3.63) is 81.3 Å². The maximum Gasteiger partial charge on any atom is 0.254 e. The zero-order chi connectivity index (χ0) is 20.3. The van der Waals surface area contributed by atoms with E-state index in [4.69, 9.17) is 12.3 Å². The number of nitrogens with zero attached hydrogens (tertiary/aromatic N) is 2. The number of nitrogens with one attached hydrogen (secondary N) is 2. The molecular formula is C21H21N5O2. The zero-order valence-electron chi connectivity index (χ0n) is 15.7. The van der Waals surface area contributed by atoms with Crippen LogP contribution in [0.3, 0.4) is 0 Å². The molecule has 3 aromatic rings. The molecule has 0 saturated heterocycles. The molecule has 0 radical (unpaired) electrons. The number of aryl methyl sites for hydroxylation is 2. The number of phenolic OH excluding ortho intramolecular Hbond substituents is 1. The summed E-state index contributed by atoms with van der Waals surface area (Å²) in [7, 11) is 0. The molecule has 1 heterocycles. The largest absolute Gasteiger partial charge is 0.507 e. The third-order valence-electron chi connectivity index (χ3n) is 4.52. The van der Waals surface area contributed by atoms with E-state index in [0.29, 0.717) is 35.7 Å². The van der Waals surface area contributed by atoms with Crippen LogP contribution in [0.4, 0.5) is 11.5 Å². The molecule has 5 N–H and O–H groups in total. The van der Waals surface area contributed by atoms with Crippen LogP contribution < -0.4 is 11.1 Å². The van der Waals surface area contributed by atoms with Crippen molar-refractivity contribution < 1.29 is 9.90 Å². The van der Waals surface area contributed by atoms with Gasteiger partial charge in [-0.1, -0.05) is 42.0 Å². The van der Waals surface area contributed by atoms with Crippen molar-refractivity contribution in [2.75, 3.05) is 5.32 Å². The monoisotopic (exact) mass is 375 g/mol. The maximum atomic E-state index is 12.0. The fourth-order valence-electron chi connectivity index (χ4n) is 3.17. The number of carbonyl (C=O) groups is 1. The van der Waals surface area contributed by atoms with Gasteiger partial charge in [-0.15, -0.1) is 0 Å². The van der Waals surface area contributed by atoms with Gasteiger partial charge < -0.3 is 16.2 Å².